The lowest BCUT2D eigenvalue weighted by Crippen LogP contribution is -2.54. The Kier molecular flexibility index (Phi) is 14.0. The quantitative estimate of drug-likeness (QED) is 0.154. The maximum absolute atomic E-state index is 13.6. The maximum atomic E-state index is 13.6. The van der Waals surface area contributed by atoms with Gasteiger partial charge in [0.1, 0.15) is 29.5 Å². The van der Waals surface area contributed by atoms with Crippen molar-refractivity contribution in [2.24, 2.45) is 0 Å². The summed E-state index contributed by atoms with van der Waals surface area (Å²) in [5.74, 6) is -0.841. The van der Waals surface area contributed by atoms with Crippen molar-refractivity contribution in [3.63, 3.8) is 0 Å². The summed E-state index contributed by atoms with van der Waals surface area (Å²) in [6.07, 6.45) is -0.930. The van der Waals surface area contributed by atoms with Crippen LogP contribution in [0.5, 0.6) is 0 Å². The van der Waals surface area contributed by atoms with Gasteiger partial charge in [0, 0.05) is 13.2 Å². The summed E-state index contributed by atoms with van der Waals surface area (Å²) in [7, 11) is 0. The van der Waals surface area contributed by atoms with Crippen LogP contribution in [0.25, 0.3) is 0 Å². The zero-order valence-electron chi connectivity index (χ0n) is 28.4. The molecule has 4 unspecified atom stereocenters. The molecule has 46 heavy (non-hydrogen) atoms. The van der Waals surface area contributed by atoms with Crippen LogP contribution in [0.15, 0.2) is 60.7 Å². The molecule has 1 aliphatic rings. The second-order valence-electron chi connectivity index (χ2n) is 13.4. The van der Waals surface area contributed by atoms with Gasteiger partial charge in [-0.3, -0.25) is 0 Å². The number of aryl methyl sites for hydroxylation is 2. The maximum Gasteiger partial charge on any atom is 0.420 e. The first-order valence-electron chi connectivity index (χ1n) is 16.1. The van der Waals surface area contributed by atoms with E-state index in [0.717, 1.165) is 25.7 Å². The van der Waals surface area contributed by atoms with Crippen LogP contribution in [-0.4, -0.2) is 85.0 Å². The van der Waals surface area contributed by atoms with Gasteiger partial charge in [0.2, 0.25) is 0 Å². The third kappa shape index (κ3) is 12.7. The fraction of sp³-hybridized carbons (Fsp3) is 0.583. The molecule has 254 valence electrons. The number of nitrogens with zero attached hydrogens (tertiary/aromatic N) is 1. The summed E-state index contributed by atoms with van der Waals surface area (Å²) in [6, 6.07) is 18.8. The minimum atomic E-state index is -1.46. The normalized spacial score (nSPS) is 20.9. The Bertz CT molecular complexity index is 1200. The molecule has 0 N–H and O–H groups in total. The van der Waals surface area contributed by atoms with E-state index in [-0.39, 0.29) is 13.2 Å². The number of esters is 1. The third-order valence-corrected chi connectivity index (χ3v) is 7.00. The molecule has 1 fully saturated rings. The molecule has 1 aliphatic heterocycles. The summed E-state index contributed by atoms with van der Waals surface area (Å²) < 4.78 is 35.5. The number of amides is 2. The van der Waals surface area contributed by atoms with E-state index >= 15 is 0 Å². The zero-order valence-corrected chi connectivity index (χ0v) is 28.4. The Hall–Kier alpha value is -3.47. The smallest absolute Gasteiger partial charge is 0.420 e. The van der Waals surface area contributed by atoms with Crippen LogP contribution < -0.4 is 0 Å². The molecule has 1 saturated heterocycles. The number of benzene rings is 2. The van der Waals surface area contributed by atoms with Crippen LogP contribution in [0.3, 0.4) is 0 Å². The Morgan fingerprint density at radius 3 is 1.72 bits per heavy atom. The lowest BCUT2D eigenvalue weighted by atomic mass is 10.1. The summed E-state index contributed by atoms with van der Waals surface area (Å²) in [6.45, 7) is 12.2. The van der Waals surface area contributed by atoms with Gasteiger partial charge in [-0.1, -0.05) is 60.7 Å². The number of rotatable bonds is 11. The SMILES string of the molecule is CC1OC(=O)C(N(C(=O)OC(C)(C)C)C(=O)OC(C)(C)C)COCC(OCCCc2ccccc2)C1OCCCc1ccccc1. The minimum absolute atomic E-state index is 0.0443. The number of imide groups is 1. The first-order valence-corrected chi connectivity index (χ1v) is 16.1. The standard InChI is InChI=1S/C36H51NO9/c1-26-31(43-23-15-21-28-18-12-9-13-19-28)30(42-22-14-20-27-16-10-8-11-17-27)25-41-24-29(32(38)44-26)37(33(39)45-35(2,3)4)34(40)46-36(5,6)7/h8-13,16-19,26,29-31H,14-15,20-25H2,1-7H3. The van der Waals surface area contributed by atoms with Crippen molar-refractivity contribution in [1.82, 2.24) is 4.90 Å². The van der Waals surface area contributed by atoms with Crippen molar-refractivity contribution in [1.29, 1.82) is 0 Å². The monoisotopic (exact) mass is 641 g/mol. The van der Waals surface area contributed by atoms with Gasteiger partial charge in [-0.25, -0.2) is 14.4 Å². The number of carbonyl (C=O) groups is 3. The predicted molar refractivity (Wildman–Crippen MR) is 173 cm³/mol. The van der Waals surface area contributed by atoms with Crippen molar-refractivity contribution in [2.75, 3.05) is 26.4 Å². The van der Waals surface area contributed by atoms with E-state index in [1.807, 2.05) is 36.4 Å². The number of ether oxygens (including phenoxy) is 6. The molecular formula is C36H51NO9. The topological polar surface area (TPSA) is 110 Å². The molecule has 0 radical (unpaired) electrons. The second kappa shape index (κ2) is 17.4. The molecule has 4 atom stereocenters. The van der Waals surface area contributed by atoms with Gasteiger partial charge in [0.05, 0.1) is 13.2 Å². The molecular weight excluding hydrogens is 590 g/mol. The lowest BCUT2D eigenvalue weighted by Gasteiger charge is -2.32. The summed E-state index contributed by atoms with van der Waals surface area (Å²) in [4.78, 5) is 40.9. The Morgan fingerprint density at radius 2 is 1.24 bits per heavy atom. The van der Waals surface area contributed by atoms with Crippen LogP contribution in [0.4, 0.5) is 9.59 Å². The largest absolute Gasteiger partial charge is 0.458 e. The molecule has 1 heterocycles. The van der Waals surface area contributed by atoms with E-state index in [9.17, 15) is 14.4 Å². The first-order chi connectivity index (χ1) is 21.7. The summed E-state index contributed by atoms with van der Waals surface area (Å²) in [5, 5.41) is 0. The fourth-order valence-electron chi connectivity index (χ4n) is 4.90. The minimum Gasteiger partial charge on any atom is -0.458 e. The molecule has 2 aromatic rings. The van der Waals surface area contributed by atoms with Gasteiger partial charge < -0.3 is 28.4 Å². The molecule has 0 spiro atoms. The van der Waals surface area contributed by atoms with Crippen molar-refractivity contribution in [2.45, 2.75) is 110 Å². The highest BCUT2D eigenvalue weighted by atomic mass is 16.6. The van der Waals surface area contributed by atoms with Gasteiger partial charge in [-0.2, -0.15) is 4.90 Å². The van der Waals surface area contributed by atoms with E-state index in [0.29, 0.717) is 18.1 Å². The molecule has 0 aliphatic carbocycles. The number of carbonyl (C=O) groups excluding carboxylic acids is 3. The van der Waals surface area contributed by atoms with Crippen LogP contribution in [-0.2, 0) is 46.1 Å². The van der Waals surface area contributed by atoms with Gasteiger partial charge in [-0.05, 0) is 85.3 Å². The average molecular weight is 642 g/mol. The number of hydrogen-bond acceptors (Lipinski definition) is 9. The van der Waals surface area contributed by atoms with Gasteiger partial charge in [0.15, 0.2) is 6.04 Å². The Balaban J connectivity index is 1.78. The highest BCUT2D eigenvalue weighted by Crippen LogP contribution is 2.22. The van der Waals surface area contributed by atoms with Crippen LogP contribution in [0.2, 0.25) is 0 Å². The molecule has 2 amide bonds. The van der Waals surface area contributed by atoms with Crippen molar-refractivity contribution < 1.29 is 42.8 Å². The Labute approximate surface area is 273 Å². The molecule has 2 aromatic carbocycles. The number of hydrogen-bond donors (Lipinski definition) is 0. The van der Waals surface area contributed by atoms with E-state index < -0.39 is 53.7 Å². The van der Waals surface area contributed by atoms with E-state index in [4.69, 9.17) is 28.4 Å². The predicted octanol–water partition coefficient (Wildman–Crippen LogP) is 6.53. The summed E-state index contributed by atoms with van der Waals surface area (Å²) in [5.41, 5.74) is 0.528. The lowest BCUT2D eigenvalue weighted by molar-refractivity contribution is -0.170. The van der Waals surface area contributed by atoms with Gasteiger partial charge in [-0.15, -0.1) is 0 Å². The second-order valence-corrected chi connectivity index (χ2v) is 13.4. The third-order valence-electron chi connectivity index (χ3n) is 7.00. The fourth-order valence-corrected chi connectivity index (χ4v) is 4.90. The highest BCUT2D eigenvalue weighted by Gasteiger charge is 2.44. The van der Waals surface area contributed by atoms with Crippen molar-refractivity contribution in [3.8, 4) is 0 Å². The Morgan fingerprint density at radius 1 is 0.761 bits per heavy atom. The van der Waals surface area contributed by atoms with Crippen molar-refractivity contribution >= 4 is 18.2 Å². The average Bonchev–Trinajstić information content (AvgIpc) is 3.01. The summed E-state index contributed by atoms with van der Waals surface area (Å²) >= 11 is 0. The van der Waals surface area contributed by atoms with Crippen LogP contribution in [0, 0.1) is 0 Å². The molecule has 0 saturated carbocycles. The molecule has 10 heteroatoms. The van der Waals surface area contributed by atoms with E-state index in [1.165, 1.54) is 11.1 Å². The van der Waals surface area contributed by atoms with Crippen LogP contribution in [0.1, 0.15) is 72.4 Å². The molecule has 10 nitrogen and oxygen atoms in total. The molecule has 3 rings (SSSR count). The van der Waals surface area contributed by atoms with Gasteiger partial charge >= 0.3 is 18.2 Å². The highest BCUT2D eigenvalue weighted by molar-refractivity contribution is 5.94. The van der Waals surface area contributed by atoms with E-state index in [1.54, 1.807) is 48.5 Å². The van der Waals surface area contributed by atoms with Gasteiger partial charge in [0.25, 0.3) is 0 Å². The van der Waals surface area contributed by atoms with Crippen molar-refractivity contribution in [3.05, 3.63) is 71.8 Å². The first kappa shape index (κ1) is 37.0. The van der Waals surface area contributed by atoms with Crippen LogP contribution >= 0.6 is 0 Å². The molecule has 0 aromatic heterocycles. The molecule has 0 bridgehead atoms. The van der Waals surface area contributed by atoms with E-state index in [2.05, 4.69) is 24.3 Å². The number of cyclic esters (lactones) is 1. The zero-order chi connectivity index (χ0) is 33.7.